The topological polar surface area (TPSA) is 77.8 Å². The monoisotopic (exact) mass is 260 g/mol. The summed E-state index contributed by atoms with van der Waals surface area (Å²) in [4.78, 5) is 8.39. The largest absolute Gasteiger partial charge is 0.397 e. The van der Waals surface area contributed by atoms with Crippen molar-refractivity contribution in [2.75, 3.05) is 11.5 Å². The van der Waals surface area contributed by atoms with E-state index in [1.807, 2.05) is 12.1 Å². The van der Waals surface area contributed by atoms with Crippen molar-refractivity contribution < 1.29 is 0 Å². The van der Waals surface area contributed by atoms with E-state index in [0.29, 0.717) is 17.3 Å². The van der Waals surface area contributed by atoms with E-state index in [0.717, 1.165) is 16.8 Å². The minimum absolute atomic E-state index is 0.233. The normalized spacial score (nSPS) is 14.7. The molecule has 0 atom stereocenters. The van der Waals surface area contributed by atoms with Crippen molar-refractivity contribution in [2.45, 2.75) is 18.8 Å². The molecule has 0 bridgehead atoms. The molecule has 0 saturated heterocycles. The predicted molar refractivity (Wildman–Crippen MR) is 73.3 cm³/mol. The first-order valence-electron chi connectivity index (χ1n) is 5.83. The van der Waals surface area contributed by atoms with Gasteiger partial charge in [-0.1, -0.05) is 12.1 Å². The molecule has 1 fully saturated rings. The highest BCUT2D eigenvalue weighted by molar-refractivity contribution is 6.28. The standard InChI is InChI=1S/C13H13ClN4/c14-13-17-6-9(7-4-5-7)12(18-13)8-2-1-3-10(15)11(8)16/h1-3,6-7H,4-5,15-16H2. The van der Waals surface area contributed by atoms with Crippen LogP contribution in [0.15, 0.2) is 24.4 Å². The number of hydrogen-bond donors (Lipinski definition) is 2. The third-order valence-electron chi connectivity index (χ3n) is 3.20. The fraction of sp³-hybridized carbons (Fsp3) is 0.231. The number of hydrogen-bond acceptors (Lipinski definition) is 4. The molecule has 0 amide bonds. The minimum Gasteiger partial charge on any atom is -0.397 e. The lowest BCUT2D eigenvalue weighted by molar-refractivity contribution is 1.04. The molecule has 3 rings (SSSR count). The molecule has 5 heteroatoms. The Hall–Kier alpha value is -1.81. The average molecular weight is 261 g/mol. The molecular weight excluding hydrogens is 248 g/mol. The van der Waals surface area contributed by atoms with Gasteiger partial charge in [0.15, 0.2) is 0 Å². The Balaban J connectivity index is 2.21. The van der Waals surface area contributed by atoms with Crippen LogP contribution in [0.5, 0.6) is 0 Å². The van der Waals surface area contributed by atoms with Crippen molar-refractivity contribution >= 4 is 23.0 Å². The molecule has 4 N–H and O–H groups in total. The van der Waals surface area contributed by atoms with Gasteiger partial charge in [0.05, 0.1) is 17.1 Å². The summed E-state index contributed by atoms with van der Waals surface area (Å²) in [6.45, 7) is 0. The Labute approximate surface area is 110 Å². The number of aromatic nitrogens is 2. The molecule has 4 nitrogen and oxygen atoms in total. The number of nitrogen functional groups attached to an aromatic ring is 2. The van der Waals surface area contributed by atoms with E-state index in [9.17, 15) is 0 Å². The zero-order valence-electron chi connectivity index (χ0n) is 9.73. The average Bonchev–Trinajstić information content (AvgIpc) is 3.17. The van der Waals surface area contributed by atoms with E-state index in [1.165, 1.54) is 12.8 Å². The van der Waals surface area contributed by atoms with Crippen molar-refractivity contribution in [3.8, 4) is 11.3 Å². The minimum atomic E-state index is 0.233. The summed E-state index contributed by atoms with van der Waals surface area (Å²) >= 11 is 5.89. The number of nitrogens with two attached hydrogens (primary N) is 2. The van der Waals surface area contributed by atoms with Gasteiger partial charge in [-0.25, -0.2) is 9.97 Å². The number of halogens is 1. The Bertz CT molecular complexity index is 608. The second-order valence-electron chi connectivity index (χ2n) is 4.53. The summed E-state index contributed by atoms with van der Waals surface area (Å²) in [7, 11) is 0. The summed E-state index contributed by atoms with van der Waals surface area (Å²) < 4.78 is 0. The highest BCUT2D eigenvalue weighted by atomic mass is 35.5. The van der Waals surface area contributed by atoms with E-state index in [4.69, 9.17) is 23.1 Å². The van der Waals surface area contributed by atoms with Crippen LogP contribution in [0, 0.1) is 0 Å². The number of para-hydroxylation sites is 1. The van der Waals surface area contributed by atoms with Gasteiger partial charge in [-0.2, -0.15) is 0 Å². The first-order chi connectivity index (χ1) is 8.66. The van der Waals surface area contributed by atoms with Crippen molar-refractivity contribution in [3.63, 3.8) is 0 Å². The van der Waals surface area contributed by atoms with Gasteiger partial charge in [0.2, 0.25) is 5.28 Å². The third-order valence-corrected chi connectivity index (χ3v) is 3.38. The Kier molecular flexibility index (Phi) is 2.59. The highest BCUT2D eigenvalue weighted by Crippen LogP contribution is 2.45. The van der Waals surface area contributed by atoms with Crippen LogP contribution in [0.3, 0.4) is 0 Å². The fourth-order valence-corrected chi connectivity index (χ4v) is 2.20. The van der Waals surface area contributed by atoms with Crippen LogP contribution in [0.25, 0.3) is 11.3 Å². The van der Waals surface area contributed by atoms with Crippen LogP contribution in [0.1, 0.15) is 24.3 Å². The van der Waals surface area contributed by atoms with E-state index in [1.54, 1.807) is 12.3 Å². The lowest BCUT2D eigenvalue weighted by Gasteiger charge is -2.11. The van der Waals surface area contributed by atoms with E-state index >= 15 is 0 Å². The smallest absolute Gasteiger partial charge is 0.222 e. The molecule has 1 aliphatic carbocycles. The zero-order valence-corrected chi connectivity index (χ0v) is 10.5. The number of rotatable bonds is 2. The van der Waals surface area contributed by atoms with Gasteiger partial charge >= 0.3 is 0 Å². The lowest BCUT2D eigenvalue weighted by Crippen LogP contribution is -2.01. The van der Waals surface area contributed by atoms with Gasteiger partial charge < -0.3 is 11.5 Å². The Morgan fingerprint density at radius 1 is 1.22 bits per heavy atom. The summed E-state index contributed by atoms with van der Waals surface area (Å²) in [5, 5.41) is 0.233. The number of anilines is 2. The third kappa shape index (κ3) is 1.88. The molecule has 18 heavy (non-hydrogen) atoms. The summed E-state index contributed by atoms with van der Waals surface area (Å²) in [6, 6.07) is 5.56. The maximum atomic E-state index is 6.03. The van der Waals surface area contributed by atoms with Gasteiger partial charge in [-0.05, 0) is 36.4 Å². The number of benzene rings is 1. The maximum Gasteiger partial charge on any atom is 0.222 e. The van der Waals surface area contributed by atoms with Gasteiger partial charge in [-0.3, -0.25) is 0 Å². The quantitative estimate of drug-likeness (QED) is 0.643. The molecule has 0 unspecified atom stereocenters. The predicted octanol–water partition coefficient (Wildman–Crippen LogP) is 2.84. The second-order valence-corrected chi connectivity index (χ2v) is 4.86. The molecular formula is C13H13ClN4. The van der Waals surface area contributed by atoms with Crippen LogP contribution in [0.2, 0.25) is 5.28 Å². The molecule has 92 valence electrons. The molecule has 1 aromatic heterocycles. The van der Waals surface area contributed by atoms with Crippen molar-refractivity contribution in [3.05, 3.63) is 35.2 Å². The SMILES string of the molecule is Nc1cccc(-c2nc(Cl)ncc2C2CC2)c1N. The van der Waals surface area contributed by atoms with Crippen molar-refractivity contribution in [2.24, 2.45) is 0 Å². The lowest BCUT2D eigenvalue weighted by atomic mass is 10.0. The molecule has 1 saturated carbocycles. The van der Waals surface area contributed by atoms with Gasteiger partial charge in [0.1, 0.15) is 0 Å². The molecule has 1 heterocycles. The molecule has 1 aliphatic rings. The van der Waals surface area contributed by atoms with E-state index in [-0.39, 0.29) is 5.28 Å². The zero-order chi connectivity index (χ0) is 12.7. The Morgan fingerprint density at radius 2 is 2.00 bits per heavy atom. The summed E-state index contributed by atoms with van der Waals surface area (Å²) in [5.41, 5.74) is 15.7. The fourth-order valence-electron chi connectivity index (χ4n) is 2.07. The molecule has 0 spiro atoms. The molecule has 0 aliphatic heterocycles. The van der Waals surface area contributed by atoms with Gasteiger partial charge in [0, 0.05) is 17.3 Å². The van der Waals surface area contributed by atoms with Gasteiger partial charge in [-0.15, -0.1) is 0 Å². The molecule has 2 aromatic rings. The van der Waals surface area contributed by atoms with Crippen molar-refractivity contribution in [1.82, 2.24) is 9.97 Å². The van der Waals surface area contributed by atoms with Gasteiger partial charge in [0.25, 0.3) is 0 Å². The highest BCUT2D eigenvalue weighted by Gasteiger charge is 2.28. The maximum absolute atomic E-state index is 6.03. The van der Waals surface area contributed by atoms with E-state index in [2.05, 4.69) is 9.97 Å². The summed E-state index contributed by atoms with van der Waals surface area (Å²) in [6.07, 6.45) is 4.13. The van der Waals surface area contributed by atoms with Crippen LogP contribution < -0.4 is 11.5 Å². The summed E-state index contributed by atoms with van der Waals surface area (Å²) in [5.74, 6) is 0.526. The van der Waals surface area contributed by atoms with Crippen molar-refractivity contribution in [1.29, 1.82) is 0 Å². The molecule has 0 radical (unpaired) electrons. The molecule has 1 aromatic carbocycles. The van der Waals surface area contributed by atoms with Crippen LogP contribution in [-0.2, 0) is 0 Å². The first-order valence-corrected chi connectivity index (χ1v) is 6.21. The van der Waals surface area contributed by atoms with Crippen LogP contribution in [0.4, 0.5) is 11.4 Å². The first kappa shape index (κ1) is 11.3. The van der Waals surface area contributed by atoms with Crippen LogP contribution in [-0.4, -0.2) is 9.97 Å². The number of nitrogens with zero attached hydrogens (tertiary/aromatic N) is 2. The second kappa shape index (κ2) is 4.14. The van der Waals surface area contributed by atoms with E-state index < -0.39 is 0 Å². The Morgan fingerprint density at radius 3 is 2.72 bits per heavy atom. The van der Waals surface area contributed by atoms with Crippen LogP contribution >= 0.6 is 11.6 Å².